The summed E-state index contributed by atoms with van der Waals surface area (Å²) in [6.07, 6.45) is 4.60. The van der Waals surface area contributed by atoms with Crippen molar-refractivity contribution in [3.8, 4) is 5.88 Å². The molecule has 22 heavy (non-hydrogen) atoms. The van der Waals surface area contributed by atoms with Crippen LogP contribution >= 0.6 is 0 Å². The average Bonchev–Trinajstić information content (AvgIpc) is 2.96. The lowest BCUT2D eigenvalue weighted by Gasteiger charge is -2.33. The summed E-state index contributed by atoms with van der Waals surface area (Å²) in [5.74, 6) is 0.960. The largest absolute Gasteiger partial charge is 0.474 e. The van der Waals surface area contributed by atoms with Crippen LogP contribution in [-0.2, 0) is 9.53 Å². The highest BCUT2D eigenvalue weighted by Crippen LogP contribution is 2.25. The first-order valence-electron chi connectivity index (χ1n) is 8.13. The van der Waals surface area contributed by atoms with Crippen LogP contribution < -0.4 is 4.74 Å². The number of amides is 1. The van der Waals surface area contributed by atoms with Crippen LogP contribution in [0.25, 0.3) is 0 Å². The first-order chi connectivity index (χ1) is 10.6. The van der Waals surface area contributed by atoms with Gasteiger partial charge in [-0.2, -0.15) is 0 Å². The number of piperidine rings is 1. The van der Waals surface area contributed by atoms with E-state index in [0.717, 1.165) is 37.9 Å². The van der Waals surface area contributed by atoms with Gasteiger partial charge in [0, 0.05) is 44.8 Å². The number of pyridine rings is 1. The Labute approximate surface area is 131 Å². The van der Waals surface area contributed by atoms with Gasteiger partial charge >= 0.3 is 0 Å². The SMILES string of the molecule is Cc1ccc(OC2CCN(C(=O)[C@H]3CCO[C@@H]3C)CC2)nc1. The third-order valence-electron chi connectivity index (χ3n) is 4.62. The lowest BCUT2D eigenvalue weighted by molar-refractivity contribution is -0.138. The van der Waals surface area contributed by atoms with Crippen LogP contribution in [0.5, 0.6) is 5.88 Å². The molecule has 5 nitrogen and oxygen atoms in total. The average molecular weight is 304 g/mol. The molecule has 2 atom stereocenters. The van der Waals surface area contributed by atoms with Crippen LogP contribution in [-0.4, -0.2) is 47.7 Å². The Hall–Kier alpha value is -1.62. The first kappa shape index (κ1) is 15.3. The van der Waals surface area contributed by atoms with E-state index in [2.05, 4.69) is 4.98 Å². The number of carbonyl (C=O) groups excluding carboxylic acids is 1. The zero-order chi connectivity index (χ0) is 15.5. The van der Waals surface area contributed by atoms with Crippen LogP contribution in [0, 0.1) is 12.8 Å². The van der Waals surface area contributed by atoms with Crippen LogP contribution in [0.2, 0.25) is 0 Å². The Morgan fingerprint density at radius 3 is 2.68 bits per heavy atom. The maximum Gasteiger partial charge on any atom is 0.228 e. The lowest BCUT2D eigenvalue weighted by Crippen LogP contribution is -2.45. The third-order valence-corrected chi connectivity index (χ3v) is 4.62. The van der Waals surface area contributed by atoms with Crippen molar-refractivity contribution in [3.63, 3.8) is 0 Å². The zero-order valence-electron chi connectivity index (χ0n) is 13.3. The van der Waals surface area contributed by atoms with Gasteiger partial charge < -0.3 is 14.4 Å². The van der Waals surface area contributed by atoms with Crippen molar-refractivity contribution in [3.05, 3.63) is 23.9 Å². The molecule has 5 heteroatoms. The highest BCUT2D eigenvalue weighted by Gasteiger charge is 2.35. The molecule has 1 amide bonds. The van der Waals surface area contributed by atoms with Crippen molar-refractivity contribution < 1.29 is 14.3 Å². The fourth-order valence-corrected chi connectivity index (χ4v) is 3.18. The van der Waals surface area contributed by atoms with Gasteiger partial charge in [-0.1, -0.05) is 6.07 Å². The molecule has 0 spiro atoms. The van der Waals surface area contributed by atoms with Crippen LogP contribution in [0.15, 0.2) is 18.3 Å². The molecule has 3 rings (SSSR count). The minimum absolute atomic E-state index is 0.0382. The maximum atomic E-state index is 12.5. The third kappa shape index (κ3) is 3.40. The summed E-state index contributed by atoms with van der Waals surface area (Å²) >= 11 is 0. The molecule has 3 heterocycles. The highest BCUT2D eigenvalue weighted by atomic mass is 16.5. The molecule has 2 aliphatic heterocycles. The Kier molecular flexibility index (Phi) is 4.62. The lowest BCUT2D eigenvalue weighted by atomic mass is 9.99. The summed E-state index contributed by atoms with van der Waals surface area (Å²) < 4.78 is 11.4. The number of aromatic nitrogens is 1. The highest BCUT2D eigenvalue weighted by molar-refractivity contribution is 5.79. The Bertz CT molecular complexity index is 509. The number of aryl methyl sites for hydroxylation is 1. The van der Waals surface area contributed by atoms with E-state index in [1.54, 1.807) is 0 Å². The molecule has 2 aliphatic rings. The van der Waals surface area contributed by atoms with Gasteiger partial charge in [0.1, 0.15) is 6.10 Å². The number of ether oxygens (including phenoxy) is 2. The molecule has 0 N–H and O–H groups in total. The molecule has 0 unspecified atom stereocenters. The number of rotatable bonds is 3. The molecule has 1 aromatic heterocycles. The minimum Gasteiger partial charge on any atom is -0.474 e. The molecule has 0 aliphatic carbocycles. The van der Waals surface area contributed by atoms with Crippen LogP contribution in [0.4, 0.5) is 0 Å². The van der Waals surface area contributed by atoms with Crippen LogP contribution in [0.3, 0.4) is 0 Å². The smallest absolute Gasteiger partial charge is 0.228 e. The van der Waals surface area contributed by atoms with Gasteiger partial charge in [0.2, 0.25) is 11.8 Å². The fourth-order valence-electron chi connectivity index (χ4n) is 3.18. The van der Waals surface area contributed by atoms with Gasteiger partial charge in [0.25, 0.3) is 0 Å². The summed E-state index contributed by atoms with van der Waals surface area (Å²) in [6, 6.07) is 3.91. The standard InChI is InChI=1S/C17H24N2O3/c1-12-3-4-16(18-11-12)22-14-5-8-19(9-6-14)17(20)15-7-10-21-13(15)2/h3-4,11,13-15H,5-10H2,1-2H3/t13-,15+/m1/s1. The first-order valence-corrected chi connectivity index (χ1v) is 8.13. The number of carbonyl (C=O) groups is 1. The van der Waals surface area contributed by atoms with Crippen molar-refractivity contribution in [2.75, 3.05) is 19.7 Å². The molecule has 0 radical (unpaired) electrons. The maximum absolute atomic E-state index is 12.5. The second kappa shape index (κ2) is 6.65. The monoisotopic (exact) mass is 304 g/mol. The molecule has 2 fully saturated rings. The Morgan fingerprint density at radius 1 is 1.32 bits per heavy atom. The van der Waals surface area contributed by atoms with Gasteiger partial charge in [-0.15, -0.1) is 0 Å². The zero-order valence-corrected chi connectivity index (χ0v) is 13.3. The molecule has 0 saturated carbocycles. The summed E-state index contributed by atoms with van der Waals surface area (Å²) in [5, 5.41) is 0. The van der Waals surface area contributed by atoms with E-state index < -0.39 is 0 Å². The summed E-state index contributed by atoms with van der Waals surface area (Å²) in [7, 11) is 0. The molecule has 0 aromatic carbocycles. The minimum atomic E-state index is 0.0382. The molecule has 2 saturated heterocycles. The fraction of sp³-hybridized carbons (Fsp3) is 0.647. The number of nitrogens with zero attached hydrogens (tertiary/aromatic N) is 2. The molecular weight excluding hydrogens is 280 g/mol. The summed E-state index contributed by atoms with van der Waals surface area (Å²) in [4.78, 5) is 18.8. The molecule has 120 valence electrons. The normalized spacial score (nSPS) is 26.2. The molecule has 1 aromatic rings. The summed E-state index contributed by atoms with van der Waals surface area (Å²) in [5.41, 5.74) is 1.13. The van der Waals surface area contributed by atoms with E-state index in [1.807, 2.05) is 37.1 Å². The van der Waals surface area contributed by atoms with Gasteiger partial charge in [-0.3, -0.25) is 4.79 Å². The second-order valence-electron chi connectivity index (χ2n) is 6.29. The molecule has 0 bridgehead atoms. The van der Waals surface area contributed by atoms with E-state index in [-0.39, 0.29) is 24.0 Å². The quantitative estimate of drug-likeness (QED) is 0.859. The number of hydrogen-bond acceptors (Lipinski definition) is 4. The Morgan fingerprint density at radius 2 is 2.09 bits per heavy atom. The number of likely N-dealkylation sites (tertiary alicyclic amines) is 1. The predicted molar refractivity (Wildman–Crippen MR) is 82.7 cm³/mol. The van der Waals surface area contributed by atoms with Crippen molar-refractivity contribution in [2.24, 2.45) is 5.92 Å². The van der Waals surface area contributed by atoms with Crippen molar-refractivity contribution >= 4 is 5.91 Å². The van der Waals surface area contributed by atoms with E-state index in [4.69, 9.17) is 9.47 Å². The van der Waals surface area contributed by atoms with E-state index in [0.29, 0.717) is 12.5 Å². The van der Waals surface area contributed by atoms with Gasteiger partial charge in [0.05, 0.1) is 12.0 Å². The van der Waals surface area contributed by atoms with E-state index >= 15 is 0 Å². The second-order valence-corrected chi connectivity index (χ2v) is 6.29. The van der Waals surface area contributed by atoms with Crippen molar-refractivity contribution in [1.29, 1.82) is 0 Å². The van der Waals surface area contributed by atoms with Gasteiger partial charge in [-0.05, 0) is 25.8 Å². The van der Waals surface area contributed by atoms with E-state index in [1.165, 1.54) is 0 Å². The Balaban J connectivity index is 1.49. The van der Waals surface area contributed by atoms with Gasteiger partial charge in [0.15, 0.2) is 0 Å². The van der Waals surface area contributed by atoms with Crippen LogP contribution in [0.1, 0.15) is 31.7 Å². The van der Waals surface area contributed by atoms with E-state index in [9.17, 15) is 4.79 Å². The summed E-state index contributed by atoms with van der Waals surface area (Å²) in [6.45, 7) is 6.23. The predicted octanol–water partition coefficient (Wildman–Crippen LogP) is 2.18. The van der Waals surface area contributed by atoms with Crippen molar-refractivity contribution in [2.45, 2.75) is 45.3 Å². The van der Waals surface area contributed by atoms with Gasteiger partial charge in [-0.25, -0.2) is 4.98 Å². The topological polar surface area (TPSA) is 51.7 Å². The molecular formula is C17H24N2O3. The number of hydrogen-bond donors (Lipinski definition) is 0. The van der Waals surface area contributed by atoms with Crippen molar-refractivity contribution in [1.82, 2.24) is 9.88 Å².